The number of carbonyl (C=O) groups is 1. The Kier molecular flexibility index (Phi) is 4.23. The lowest BCUT2D eigenvalue weighted by atomic mass is 10.2. The van der Waals surface area contributed by atoms with Crippen molar-refractivity contribution in [3.63, 3.8) is 0 Å². The monoisotopic (exact) mass is 339 g/mol. The molecule has 1 aromatic carbocycles. The van der Waals surface area contributed by atoms with Gasteiger partial charge in [0.1, 0.15) is 12.1 Å². The molecule has 1 saturated heterocycles. The Bertz CT molecular complexity index is 968. The molecule has 0 bridgehead atoms. The van der Waals surface area contributed by atoms with Gasteiger partial charge in [0.2, 0.25) is 5.91 Å². The number of carbonyl (C=O) groups excluding carboxylic acids is 1. The number of H-pyrrole nitrogens is 1. The summed E-state index contributed by atoms with van der Waals surface area (Å²) in [6.45, 7) is 3.60. The van der Waals surface area contributed by atoms with E-state index in [9.17, 15) is 9.59 Å². The summed E-state index contributed by atoms with van der Waals surface area (Å²) >= 11 is 0. The molecular weight excluding hydrogens is 318 g/mol. The number of hydrogen-bond donors (Lipinski definition) is 2. The number of fused-ring (bicyclic) bond motifs is 3. The summed E-state index contributed by atoms with van der Waals surface area (Å²) in [5, 5.41) is 8.78. The van der Waals surface area contributed by atoms with Gasteiger partial charge < -0.3 is 15.2 Å². The number of rotatable bonds is 5. The average Bonchev–Trinajstić information content (AvgIpc) is 3.25. The molecule has 0 atom stereocenters. The first-order valence-corrected chi connectivity index (χ1v) is 8.68. The largest absolute Gasteiger partial charge is 0.353 e. The third-order valence-corrected chi connectivity index (χ3v) is 4.76. The molecule has 7 nitrogen and oxygen atoms in total. The molecule has 130 valence electrons. The summed E-state index contributed by atoms with van der Waals surface area (Å²) in [4.78, 5) is 30.2. The molecule has 0 saturated carbocycles. The van der Waals surface area contributed by atoms with E-state index in [1.54, 1.807) is 6.20 Å². The Morgan fingerprint density at radius 2 is 2.00 bits per heavy atom. The van der Waals surface area contributed by atoms with Crippen molar-refractivity contribution in [2.24, 2.45) is 0 Å². The molecule has 4 rings (SSSR count). The number of para-hydroxylation sites is 1. The zero-order valence-electron chi connectivity index (χ0n) is 14.0. The number of aromatic amines is 1. The number of benzene rings is 1. The lowest BCUT2D eigenvalue weighted by molar-refractivity contribution is -0.121. The van der Waals surface area contributed by atoms with Gasteiger partial charge in [-0.25, -0.2) is 4.68 Å². The zero-order valence-corrected chi connectivity index (χ0v) is 14.0. The van der Waals surface area contributed by atoms with E-state index < -0.39 is 0 Å². The Hall–Kier alpha value is -2.67. The number of nitrogens with zero attached hydrogens (tertiary/aromatic N) is 3. The van der Waals surface area contributed by atoms with Gasteiger partial charge >= 0.3 is 0 Å². The standard InChI is InChI=1S/C18H21N5O2/c24-16(19-7-10-22-8-3-4-9-22)12-23-18(25)17-14(11-20-23)13-5-1-2-6-15(13)21-17/h1-2,5-6,11,21H,3-4,7-10,12H2,(H,19,24). The maximum Gasteiger partial charge on any atom is 0.291 e. The van der Waals surface area contributed by atoms with Crippen LogP contribution in [-0.2, 0) is 11.3 Å². The van der Waals surface area contributed by atoms with Crippen molar-refractivity contribution >= 4 is 27.7 Å². The van der Waals surface area contributed by atoms with Gasteiger partial charge in [-0.2, -0.15) is 5.10 Å². The van der Waals surface area contributed by atoms with E-state index in [1.165, 1.54) is 17.5 Å². The van der Waals surface area contributed by atoms with Gasteiger partial charge in [0, 0.05) is 29.4 Å². The zero-order chi connectivity index (χ0) is 17.2. The van der Waals surface area contributed by atoms with Crippen LogP contribution in [0.4, 0.5) is 0 Å². The van der Waals surface area contributed by atoms with Crippen LogP contribution in [0.15, 0.2) is 35.3 Å². The highest BCUT2D eigenvalue weighted by Gasteiger charge is 2.13. The highest BCUT2D eigenvalue weighted by atomic mass is 16.2. The molecular formula is C18H21N5O2. The molecule has 2 aromatic heterocycles. The number of nitrogens with one attached hydrogen (secondary N) is 2. The van der Waals surface area contributed by atoms with Crippen LogP contribution in [-0.4, -0.2) is 51.8 Å². The summed E-state index contributed by atoms with van der Waals surface area (Å²) < 4.78 is 1.21. The molecule has 0 aliphatic carbocycles. The van der Waals surface area contributed by atoms with E-state index in [2.05, 4.69) is 20.3 Å². The van der Waals surface area contributed by atoms with E-state index in [4.69, 9.17) is 0 Å². The normalized spacial score (nSPS) is 15.2. The SMILES string of the molecule is O=C(Cn1ncc2c([nH]c3ccccc32)c1=O)NCCN1CCCC1. The van der Waals surface area contributed by atoms with Crippen LogP contribution in [0.25, 0.3) is 21.8 Å². The molecule has 0 unspecified atom stereocenters. The fourth-order valence-corrected chi connectivity index (χ4v) is 3.44. The summed E-state index contributed by atoms with van der Waals surface area (Å²) in [5.41, 5.74) is 1.11. The van der Waals surface area contributed by atoms with Gasteiger partial charge in [-0.1, -0.05) is 18.2 Å². The van der Waals surface area contributed by atoms with Crippen LogP contribution in [0, 0.1) is 0 Å². The van der Waals surface area contributed by atoms with E-state index in [1.807, 2.05) is 24.3 Å². The van der Waals surface area contributed by atoms with Crippen LogP contribution in [0.1, 0.15) is 12.8 Å². The Balaban J connectivity index is 1.47. The fourth-order valence-electron chi connectivity index (χ4n) is 3.44. The number of hydrogen-bond acceptors (Lipinski definition) is 4. The van der Waals surface area contributed by atoms with Crippen molar-refractivity contribution in [2.45, 2.75) is 19.4 Å². The second-order valence-electron chi connectivity index (χ2n) is 6.47. The lowest BCUT2D eigenvalue weighted by Crippen LogP contribution is -2.37. The minimum atomic E-state index is -0.275. The first-order valence-electron chi connectivity index (χ1n) is 8.68. The summed E-state index contributed by atoms with van der Waals surface area (Å²) in [7, 11) is 0. The first-order chi connectivity index (χ1) is 12.2. The fraction of sp³-hybridized carbons (Fsp3) is 0.389. The van der Waals surface area contributed by atoms with Crippen molar-refractivity contribution in [1.29, 1.82) is 0 Å². The van der Waals surface area contributed by atoms with E-state index >= 15 is 0 Å². The third kappa shape index (κ3) is 3.15. The van der Waals surface area contributed by atoms with E-state index in [0.29, 0.717) is 12.1 Å². The van der Waals surface area contributed by atoms with Crippen molar-refractivity contribution in [3.05, 3.63) is 40.8 Å². The van der Waals surface area contributed by atoms with Crippen LogP contribution in [0.2, 0.25) is 0 Å². The number of likely N-dealkylation sites (tertiary alicyclic amines) is 1. The second-order valence-corrected chi connectivity index (χ2v) is 6.47. The molecule has 7 heteroatoms. The Morgan fingerprint density at radius 1 is 1.20 bits per heavy atom. The molecule has 0 radical (unpaired) electrons. The Morgan fingerprint density at radius 3 is 2.84 bits per heavy atom. The summed E-state index contributed by atoms with van der Waals surface area (Å²) in [6.07, 6.45) is 4.11. The van der Waals surface area contributed by atoms with Gasteiger partial charge in [-0.05, 0) is 32.0 Å². The van der Waals surface area contributed by atoms with Gasteiger partial charge in [0.15, 0.2) is 0 Å². The van der Waals surface area contributed by atoms with Crippen LogP contribution in [0.5, 0.6) is 0 Å². The minimum Gasteiger partial charge on any atom is -0.353 e. The van der Waals surface area contributed by atoms with E-state index in [0.717, 1.165) is 35.9 Å². The van der Waals surface area contributed by atoms with Gasteiger partial charge in [-0.3, -0.25) is 9.59 Å². The molecule has 2 N–H and O–H groups in total. The first kappa shape index (κ1) is 15.8. The van der Waals surface area contributed by atoms with Crippen molar-refractivity contribution in [2.75, 3.05) is 26.2 Å². The predicted molar refractivity (Wildman–Crippen MR) is 96.5 cm³/mol. The minimum absolute atomic E-state index is 0.0653. The summed E-state index contributed by atoms with van der Waals surface area (Å²) in [6, 6.07) is 7.71. The third-order valence-electron chi connectivity index (χ3n) is 4.76. The maximum absolute atomic E-state index is 12.6. The van der Waals surface area contributed by atoms with Crippen LogP contribution >= 0.6 is 0 Å². The Labute approximate surface area is 144 Å². The van der Waals surface area contributed by atoms with Crippen molar-refractivity contribution < 1.29 is 4.79 Å². The highest BCUT2D eigenvalue weighted by Crippen LogP contribution is 2.21. The molecule has 3 heterocycles. The van der Waals surface area contributed by atoms with Crippen molar-refractivity contribution in [3.8, 4) is 0 Å². The maximum atomic E-state index is 12.6. The highest BCUT2D eigenvalue weighted by molar-refractivity contribution is 6.06. The van der Waals surface area contributed by atoms with Gasteiger partial charge in [0.25, 0.3) is 5.56 Å². The van der Waals surface area contributed by atoms with Gasteiger partial charge in [0.05, 0.1) is 6.20 Å². The summed E-state index contributed by atoms with van der Waals surface area (Å²) in [5.74, 6) is -0.191. The molecule has 25 heavy (non-hydrogen) atoms. The lowest BCUT2D eigenvalue weighted by Gasteiger charge is -2.14. The molecule has 1 amide bonds. The molecule has 1 fully saturated rings. The molecule has 0 spiro atoms. The molecule has 3 aromatic rings. The van der Waals surface area contributed by atoms with Crippen molar-refractivity contribution in [1.82, 2.24) is 25.0 Å². The van der Waals surface area contributed by atoms with E-state index in [-0.39, 0.29) is 18.0 Å². The molecule has 1 aliphatic rings. The predicted octanol–water partition coefficient (Wildman–Crippen LogP) is 1.09. The smallest absolute Gasteiger partial charge is 0.291 e. The second kappa shape index (κ2) is 6.68. The number of amides is 1. The van der Waals surface area contributed by atoms with Gasteiger partial charge in [-0.15, -0.1) is 0 Å². The topological polar surface area (TPSA) is 83.0 Å². The number of aromatic nitrogens is 3. The van der Waals surface area contributed by atoms with Crippen LogP contribution < -0.4 is 10.9 Å². The molecule has 1 aliphatic heterocycles. The average molecular weight is 339 g/mol. The van der Waals surface area contributed by atoms with Crippen LogP contribution in [0.3, 0.4) is 0 Å². The quantitative estimate of drug-likeness (QED) is 0.729.